The first-order valence-electron chi connectivity index (χ1n) is 25.3. The maximum atomic E-state index is 12.7. The molecule has 2 unspecified atom stereocenters. The molecule has 0 fully saturated rings. The topological polar surface area (TPSA) is 111 Å². The summed E-state index contributed by atoms with van der Waals surface area (Å²) in [6.07, 6.45) is 58.9. The van der Waals surface area contributed by atoms with E-state index < -0.39 is 32.5 Å². The normalized spacial score (nSPS) is 14.2. The van der Waals surface area contributed by atoms with E-state index in [2.05, 4.69) is 98.9 Å². The van der Waals surface area contributed by atoms with E-state index in [0.29, 0.717) is 23.9 Å². The lowest BCUT2D eigenvalue weighted by molar-refractivity contribution is -0.870. The van der Waals surface area contributed by atoms with Gasteiger partial charge in [0, 0.05) is 12.8 Å². The number of carbonyl (C=O) groups excluding carboxylic acids is 2. The van der Waals surface area contributed by atoms with Crippen molar-refractivity contribution in [2.24, 2.45) is 0 Å². The molecule has 64 heavy (non-hydrogen) atoms. The van der Waals surface area contributed by atoms with E-state index in [1.807, 2.05) is 21.1 Å². The van der Waals surface area contributed by atoms with Gasteiger partial charge >= 0.3 is 11.9 Å². The second kappa shape index (κ2) is 45.4. The number of phosphoric acid groups is 1. The van der Waals surface area contributed by atoms with Crippen LogP contribution in [0.15, 0.2) is 85.1 Å². The van der Waals surface area contributed by atoms with E-state index in [0.717, 1.165) is 89.9 Å². The first kappa shape index (κ1) is 61.2. The number of rotatable bonds is 45. The van der Waals surface area contributed by atoms with Crippen LogP contribution in [0.1, 0.15) is 194 Å². The highest BCUT2D eigenvalue weighted by atomic mass is 31.2. The fourth-order valence-electron chi connectivity index (χ4n) is 6.48. The van der Waals surface area contributed by atoms with Crippen LogP contribution in [0.3, 0.4) is 0 Å². The third kappa shape index (κ3) is 48.6. The Morgan fingerprint density at radius 1 is 0.500 bits per heavy atom. The first-order chi connectivity index (χ1) is 31.0. The summed E-state index contributed by atoms with van der Waals surface area (Å²) in [6, 6.07) is 0. The van der Waals surface area contributed by atoms with Gasteiger partial charge in [0.25, 0.3) is 7.82 Å². The summed E-state index contributed by atoms with van der Waals surface area (Å²) in [5, 5.41) is 0. The van der Waals surface area contributed by atoms with Crippen LogP contribution >= 0.6 is 7.82 Å². The minimum Gasteiger partial charge on any atom is -0.756 e. The molecular formula is C54H94NO8P. The number of quaternary nitrogens is 1. The number of esters is 2. The van der Waals surface area contributed by atoms with Gasteiger partial charge in [0.05, 0.1) is 27.7 Å². The third-order valence-electron chi connectivity index (χ3n) is 10.4. The smallest absolute Gasteiger partial charge is 0.306 e. The molecular weight excluding hydrogens is 822 g/mol. The Labute approximate surface area is 392 Å². The quantitative estimate of drug-likeness (QED) is 0.0195. The van der Waals surface area contributed by atoms with Crippen molar-refractivity contribution < 1.29 is 42.1 Å². The Balaban J connectivity index is 4.32. The molecule has 2 atom stereocenters. The molecule has 0 spiro atoms. The van der Waals surface area contributed by atoms with Crippen molar-refractivity contribution in [3.05, 3.63) is 85.1 Å². The highest BCUT2D eigenvalue weighted by molar-refractivity contribution is 7.45. The van der Waals surface area contributed by atoms with Crippen LogP contribution in [0.25, 0.3) is 0 Å². The van der Waals surface area contributed by atoms with Crippen molar-refractivity contribution >= 4 is 19.8 Å². The maximum Gasteiger partial charge on any atom is 0.306 e. The molecule has 0 bridgehead atoms. The van der Waals surface area contributed by atoms with E-state index >= 15 is 0 Å². The SMILES string of the molecule is CC/C=C\C/C=C\C/C=C\C/C=C\C/C=C\CCCCCCCCCC(=O)OC(COC(=O)CCCCCCCCC/C=C\C/C=C\CCCCC)COP(=O)([O-])OCC[N+](C)(C)C. The van der Waals surface area contributed by atoms with E-state index in [4.69, 9.17) is 18.5 Å². The van der Waals surface area contributed by atoms with E-state index in [-0.39, 0.29) is 26.1 Å². The molecule has 0 saturated carbocycles. The van der Waals surface area contributed by atoms with Gasteiger partial charge in [-0.3, -0.25) is 14.2 Å². The molecule has 0 amide bonds. The summed E-state index contributed by atoms with van der Waals surface area (Å²) in [5.74, 6) is -0.860. The van der Waals surface area contributed by atoms with Crippen LogP contribution in [-0.4, -0.2) is 70.0 Å². The number of phosphoric ester groups is 1. The maximum absolute atomic E-state index is 12.7. The predicted octanol–water partition coefficient (Wildman–Crippen LogP) is 14.5. The zero-order chi connectivity index (χ0) is 47.1. The van der Waals surface area contributed by atoms with Crippen LogP contribution in [0.2, 0.25) is 0 Å². The number of carbonyl (C=O) groups is 2. The average Bonchev–Trinajstić information content (AvgIpc) is 3.25. The molecule has 0 heterocycles. The Morgan fingerprint density at radius 2 is 0.891 bits per heavy atom. The molecule has 0 rings (SSSR count). The van der Waals surface area contributed by atoms with Gasteiger partial charge in [0.1, 0.15) is 19.8 Å². The molecule has 368 valence electrons. The van der Waals surface area contributed by atoms with Gasteiger partial charge in [-0.05, 0) is 89.9 Å². The Morgan fingerprint density at radius 3 is 1.33 bits per heavy atom. The van der Waals surface area contributed by atoms with Crippen molar-refractivity contribution in [2.75, 3.05) is 47.5 Å². The molecule has 0 aliphatic carbocycles. The van der Waals surface area contributed by atoms with Crippen molar-refractivity contribution in [1.29, 1.82) is 0 Å². The lowest BCUT2D eigenvalue weighted by atomic mass is 10.1. The van der Waals surface area contributed by atoms with Crippen LogP contribution in [0.5, 0.6) is 0 Å². The van der Waals surface area contributed by atoms with Gasteiger partial charge in [-0.1, -0.05) is 176 Å². The molecule has 0 saturated heterocycles. The number of ether oxygens (including phenoxy) is 2. The van der Waals surface area contributed by atoms with E-state index in [9.17, 15) is 19.0 Å². The van der Waals surface area contributed by atoms with Crippen molar-refractivity contribution in [2.45, 2.75) is 200 Å². The summed E-state index contributed by atoms with van der Waals surface area (Å²) in [6.45, 7) is 4.06. The van der Waals surface area contributed by atoms with E-state index in [1.54, 1.807) is 0 Å². The zero-order valence-electron chi connectivity index (χ0n) is 41.4. The van der Waals surface area contributed by atoms with Crippen LogP contribution in [0, 0.1) is 0 Å². The van der Waals surface area contributed by atoms with Crippen molar-refractivity contribution in [1.82, 2.24) is 0 Å². The second-order valence-electron chi connectivity index (χ2n) is 17.8. The summed E-state index contributed by atoms with van der Waals surface area (Å²) in [7, 11) is 1.14. The van der Waals surface area contributed by atoms with Gasteiger partial charge in [-0.2, -0.15) is 0 Å². The first-order valence-corrected chi connectivity index (χ1v) is 26.8. The van der Waals surface area contributed by atoms with Crippen LogP contribution in [-0.2, 0) is 32.7 Å². The number of likely N-dealkylation sites (N-methyl/N-ethyl adjacent to an activating group) is 1. The van der Waals surface area contributed by atoms with Gasteiger partial charge in [-0.25, -0.2) is 0 Å². The van der Waals surface area contributed by atoms with Crippen molar-refractivity contribution in [3.63, 3.8) is 0 Å². The molecule has 0 aliphatic heterocycles. The zero-order valence-corrected chi connectivity index (χ0v) is 42.3. The molecule has 9 nitrogen and oxygen atoms in total. The van der Waals surface area contributed by atoms with Gasteiger partial charge in [0.2, 0.25) is 0 Å². The van der Waals surface area contributed by atoms with Crippen LogP contribution < -0.4 is 4.89 Å². The summed E-state index contributed by atoms with van der Waals surface area (Å²) >= 11 is 0. The molecule has 0 aromatic rings. The van der Waals surface area contributed by atoms with Crippen LogP contribution in [0.4, 0.5) is 0 Å². The molecule has 0 radical (unpaired) electrons. The van der Waals surface area contributed by atoms with Gasteiger partial charge in [0.15, 0.2) is 6.10 Å². The molecule has 0 aromatic carbocycles. The minimum atomic E-state index is -4.64. The minimum absolute atomic E-state index is 0.0390. The third-order valence-corrected chi connectivity index (χ3v) is 11.4. The summed E-state index contributed by atoms with van der Waals surface area (Å²) < 4.78 is 34.0. The molecule has 10 heteroatoms. The lowest BCUT2D eigenvalue weighted by Gasteiger charge is -2.28. The fraction of sp³-hybridized carbons (Fsp3) is 0.704. The summed E-state index contributed by atoms with van der Waals surface area (Å²) in [4.78, 5) is 37.7. The highest BCUT2D eigenvalue weighted by Gasteiger charge is 2.21. The Hall–Kier alpha value is -2.81. The van der Waals surface area contributed by atoms with Gasteiger partial charge < -0.3 is 27.9 Å². The molecule has 0 N–H and O–H groups in total. The number of nitrogens with zero attached hydrogens (tertiary/aromatic N) is 1. The Kier molecular flexibility index (Phi) is 43.4. The fourth-order valence-corrected chi connectivity index (χ4v) is 7.20. The van der Waals surface area contributed by atoms with Crippen molar-refractivity contribution in [3.8, 4) is 0 Å². The largest absolute Gasteiger partial charge is 0.756 e. The Bertz CT molecular complexity index is 1360. The second-order valence-corrected chi connectivity index (χ2v) is 19.2. The molecule has 0 aromatic heterocycles. The van der Waals surface area contributed by atoms with E-state index in [1.165, 1.54) is 64.2 Å². The monoisotopic (exact) mass is 916 g/mol. The average molecular weight is 916 g/mol. The number of allylic oxidation sites excluding steroid dienone is 14. The highest BCUT2D eigenvalue weighted by Crippen LogP contribution is 2.38. The molecule has 0 aliphatic rings. The number of unbranched alkanes of at least 4 members (excludes halogenated alkanes) is 17. The predicted molar refractivity (Wildman–Crippen MR) is 268 cm³/mol. The number of hydrogen-bond donors (Lipinski definition) is 0. The number of hydrogen-bond acceptors (Lipinski definition) is 8. The standard InChI is InChI=1S/C54H94NO8P/c1-6-8-10-12-14-16-18-20-22-24-25-26-27-28-29-31-33-35-37-39-41-43-45-47-54(57)63-52(51-62-64(58,59)61-49-48-55(3,4)5)50-60-53(56)46-44-42-40-38-36-34-32-30-23-21-19-17-15-13-11-9-7-2/h8,10,14-17,20-23,25-26,28-29,52H,6-7,9,11-13,18-19,24,27,30-51H2,1-5H3/b10-8-,16-14-,17-15-,22-20-,23-21-,26-25-,29-28-. The van der Waals surface area contributed by atoms with Gasteiger partial charge in [-0.15, -0.1) is 0 Å². The lowest BCUT2D eigenvalue weighted by Crippen LogP contribution is -2.37. The summed E-state index contributed by atoms with van der Waals surface area (Å²) in [5.41, 5.74) is 0.